The van der Waals surface area contributed by atoms with Crippen molar-refractivity contribution in [2.24, 2.45) is 0 Å². The molecule has 0 saturated heterocycles. The van der Waals surface area contributed by atoms with E-state index in [-0.39, 0.29) is 34.3 Å². The number of carbonyl (C=O) groups is 5. The van der Waals surface area contributed by atoms with Crippen molar-refractivity contribution in [3.8, 4) is 0 Å². The molecule has 1 aliphatic heterocycles. The first kappa shape index (κ1) is 37.5. The molecule has 13 nitrogen and oxygen atoms in total. The molecule has 5 rings (SSSR count). The molecule has 1 unspecified atom stereocenters. The molecular weight excluding hydrogens is 707 g/mol. The number of anilines is 2. The molecule has 1 aromatic heterocycles. The van der Waals surface area contributed by atoms with E-state index in [0.717, 1.165) is 10.4 Å². The third-order valence-electron chi connectivity index (χ3n) is 8.12. The Morgan fingerprint density at radius 1 is 1.02 bits per heavy atom. The van der Waals surface area contributed by atoms with Gasteiger partial charge in [-0.15, -0.1) is 23.1 Å². The minimum atomic E-state index is -0.727. The Bertz CT molecular complexity index is 2060. The van der Waals surface area contributed by atoms with E-state index in [0.29, 0.717) is 47.1 Å². The normalized spacial score (nSPS) is 13.0. The van der Waals surface area contributed by atoms with E-state index in [4.69, 9.17) is 4.74 Å². The standard InChI is InChI=1S/C37H35N5O8S2/c1-4-30(35(46)40-36-32(37(47)50-3)27-17-18-41(22(2)43)21-31(27)52-36)51-26-15-10-14-25(20-26)38-34(45)28(39-33(44)23-11-6-5-7-12-23)19-24-13-8-9-16-29(24)42(48)49/h5-16,19-20,30H,4,17-18,21H2,1-3H3,(H,38,45)(H,39,44)(H,40,46)/b28-19+. The lowest BCUT2D eigenvalue weighted by Crippen LogP contribution is -2.34. The number of para-hydroxylation sites is 1. The number of ether oxygens (including phenoxy) is 1. The molecule has 15 heteroatoms. The van der Waals surface area contributed by atoms with Crippen LogP contribution in [0.15, 0.2) is 89.5 Å². The lowest BCUT2D eigenvalue weighted by Gasteiger charge is -2.25. The zero-order valence-corrected chi connectivity index (χ0v) is 30.1. The third kappa shape index (κ3) is 8.91. The van der Waals surface area contributed by atoms with Gasteiger partial charge in [-0.25, -0.2) is 4.79 Å². The Balaban J connectivity index is 1.35. The van der Waals surface area contributed by atoms with E-state index < -0.39 is 28.0 Å². The molecule has 0 radical (unpaired) electrons. The van der Waals surface area contributed by atoms with Gasteiger partial charge in [0.2, 0.25) is 11.8 Å². The maximum absolute atomic E-state index is 13.6. The number of hydrogen-bond acceptors (Lipinski definition) is 10. The van der Waals surface area contributed by atoms with Gasteiger partial charge in [0.1, 0.15) is 10.7 Å². The minimum absolute atomic E-state index is 0.0746. The third-order valence-corrected chi connectivity index (χ3v) is 10.6. The smallest absolute Gasteiger partial charge is 0.341 e. The zero-order chi connectivity index (χ0) is 37.4. The average Bonchev–Trinajstić information content (AvgIpc) is 3.50. The predicted octanol–water partition coefficient (Wildman–Crippen LogP) is 6.27. The molecule has 0 spiro atoms. The largest absolute Gasteiger partial charge is 0.465 e. The van der Waals surface area contributed by atoms with Crippen molar-refractivity contribution in [1.82, 2.24) is 10.2 Å². The van der Waals surface area contributed by atoms with Crippen LogP contribution in [0.4, 0.5) is 16.4 Å². The number of benzene rings is 3. The van der Waals surface area contributed by atoms with E-state index in [1.807, 2.05) is 6.92 Å². The number of nitro benzene ring substituents is 1. The van der Waals surface area contributed by atoms with E-state index in [9.17, 15) is 34.1 Å². The number of nitrogens with one attached hydrogen (secondary N) is 3. The Morgan fingerprint density at radius 2 is 1.75 bits per heavy atom. The second-order valence-corrected chi connectivity index (χ2v) is 14.0. The Labute approximate surface area is 307 Å². The lowest BCUT2D eigenvalue weighted by molar-refractivity contribution is -0.385. The van der Waals surface area contributed by atoms with Crippen LogP contribution in [-0.4, -0.2) is 58.3 Å². The summed E-state index contributed by atoms with van der Waals surface area (Å²) in [5.74, 6) is -2.29. The summed E-state index contributed by atoms with van der Waals surface area (Å²) in [4.78, 5) is 79.3. The van der Waals surface area contributed by atoms with Crippen molar-refractivity contribution in [2.45, 2.75) is 43.4 Å². The highest BCUT2D eigenvalue weighted by molar-refractivity contribution is 8.00. The van der Waals surface area contributed by atoms with Crippen LogP contribution in [-0.2, 0) is 32.1 Å². The summed E-state index contributed by atoms with van der Waals surface area (Å²) in [6.45, 7) is 4.14. The zero-order valence-electron chi connectivity index (χ0n) is 28.5. The second-order valence-electron chi connectivity index (χ2n) is 11.6. The number of thioether (sulfide) groups is 1. The van der Waals surface area contributed by atoms with Gasteiger partial charge < -0.3 is 25.6 Å². The van der Waals surface area contributed by atoms with Crippen LogP contribution in [0.25, 0.3) is 6.08 Å². The van der Waals surface area contributed by atoms with Crippen molar-refractivity contribution < 1.29 is 33.6 Å². The van der Waals surface area contributed by atoms with Gasteiger partial charge in [-0.3, -0.25) is 29.3 Å². The Morgan fingerprint density at radius 3 is 2.44 bits per heavy atom. The summed E-state index contributed by atoms with van der Waals surface area (Å²) in [6, 6.07) is 20.8. The lowest BCUT2D eigenvalue weighted by atomic mass is 10.0. The molecule has 0 aliphatic carbocycles. The Kier molecular flexibility index (Phi) is 12.2. The van der Waals surface area contributed by atoms with Crippen LogP contribution in [0.2, 0.25) is 0 Å². The SMILES string of the molecule is CCC(Sc1cccc(NC(=O)/C(=C\c2ccccc2[N+](=O)[O-])NC(=O)c2ccccc2)c1)C(=O)Nc1sc2c(c1C(=O)OC)CCN(C(C)=O)C2. The van der Waals surface area contributed by atoms with Crippen LogP contribution in [0.1, 0.15) is 57.0 Å². The van der Waals surface area contributed by atoms with Crippen molar-refractivity contribution >= 4 is 75.1 Å². The molecule has 1 atom stereocenters. The number of fused-ring (bicyclic) bond motifs is 1. The molecule has 0 bridgehead atoms. The number of esters is 1. The predicted molar refractivity (Wildman–Crippen MR) is 199 cm³/mol. The molecule has 52 heavy (non-hydrogen) atoms. The van der Waals surface area contributed by atoms with Gasteiger partial charge in [-0.1, -0.05) is 43.3 Å². The second kappa shape index (κ2) is 16.9. The monoisotopic (exact) mass is 741 g/mol. The number of nitrogens with zero attached hydrogens (tertiary/aromatic N) is 2. The molecule has 4 aromatic rings. The molecule has 268 valence electrons. The van der Waals surface area contributed by atoms with E-state index in [1.54, 1.807) is 65.6 Å². The van der Waals surface area contributed by atoms with Crippen molar-refractivity contribution in [2.75, 3.05) is 24.3 Å². The summed E-state index contributed by atoms with van der Waals surface area (Å²) in [5, 5.41) is 19.7. The van der Waals surface area contributed by atoms with Crippen molar-refractivity contribution in [3.05, 3.63) is 122 Å². The minimum Gasteiger partial charge on any atom is -0.465 e. The fourth-order valence-electron chi connectivity index (χ4n) is 5.48. The molecule has 3 aromatic carbocycles. The van der Waals surface area contributed by atoms with Gasteiger partial charge in [0.05, 0.1) is 35.0 Å². The molecule has 0 saturated carbocycles. The molecule has 0 fully saturated rings. The van der Waals surface area contributed by atoms with Gasteiger partial charge in [-0.2, -0.15) is 0 Å². The van der Waals surface area contributed by atoms with Crippen molar-refractivity contribution in [3.63, 3.8) is 0 Å². The first-order chi connectivity index (χ1) is 25.0. The summed E-state index contributed by atoms with van der Waals surface area (Å²) in [6.07, 6.45) is 2.14. The van der Waals surface area contributed by atoms with Gasteiger partial charge in [0.25, 0.3) is 17.5 Å². The highest BCUT2D eigenvalue weighted by atomic mass is 32.2. The van der Waals surface area contributed by atoms with Crippen molar-refractivity contribution in [1.29, 1.82) is 0 Å². The first-order valence-electron chi connectivity index (χ1n) is 16.2. The molecular formula is C37H35N5O8S2. The maximum Gasteiger partial charge on any atom is 0.341 e. The highest BCUT2D eigenvalue weighted by Crippen LogP contribution is 2.38. The Hall–Kier alpha value is -5.80. The van der Waals surface area contributed by atoms with E-state index in [2.05, 4.69) is 16.0 Å². The van der Waals surface area contributed by atoms with Crippen LogP contribution >= 0.6 is 23.1 Å². The first-order valence-corrected chi connectivity index (χ1v) is 17.9. The molecule has 1 aliphatic rings. The topological polar surface area (TPSA) is 177 Å². The fourth-order valence-corrected chi connectivity index (χ4v) is 7.74. The summed E-state index contributed by atoms with van der Waals surface area (Å²) >= 11 is 2.50. The number of thiophene rings is 1. The summed E-state index contributed by atoms with van der Waals surface area (Å²) in [5.41, 5.74) is 1.34. The van der Waals surface area contributed by atoms with Gasteiger partial charge in [0.15, 0.2) is 0 Å². The van der Waals surface area contributed by atoms with E-state index >= 15 is 0 Å². The van der Waals surface area contributed by atoms with Crippen LogP contribution < -0.4 is 16.0 Å². The fraction of sp³-hybridized carbons (Fsp3) is 0.216. The number of methoxy groups -OCH3 is 1. The van der Waals surface area contributed by atoms with Crippen LogP contribution in [0.3, 0.4) is 0 Å². The van der Waals surface area contributed by atoms with Gasteiger partial charge in [-0.05, 0) is 60.9 Å². The highest BCUT2D eigenvalue weighted by Gasteiger charge is 2.31. The number of nitro groups is 1. The van der Waals surface area contributed by atoms with Gasteiger partial charge >= 0.3 is 5.97 Å². The number of carbonyl (C=O) groups excluding carboxylic acids is 5. The summed E-state index contributed by atoms with van der Waals surface area (Å²) in [7, 11) is 1.28. The summed E-state index contributed by atoms with van der Waals surface area (Å²) < 4.78 is 5.03. The number of rotatable bonds is 12. The van der Waals surface area contributed by atoms with Crippen LogP contribution in [0, 0.1) is 10.1 Å². The van der Waals surface area contributed by atoms with Crippen LogP contribution in [0.5, 0.6) is 0 Å². The molecule has 4 amide bonds. The number of hydrogen-bond donors (Lipinski definition) is 3. The van der Waals surface area contributed by atoms with E-state index in [1.165, 1.54) is 61.4 Å². The maximum atomic E-state index is 13.6. The number of amides is 4. The van der Waals surface area contributed by atoms with Gasteiger partial charge in [0, 0.05) is 40.6 Å². The average molecular weight is 742 g/mol. The molecule has 2 heterocycles. The molecule has 3 N–H and O–H groups in total. The quantitative estimate of drug-likeness (QED) is 0.0497.